The SMILES string of the molecule is N#CCOc1ccc2cc(C(N)=O)n(CCOc3ccccc3)c2c1. The van der Waals surface area contributed by atoms with Crippen molar-refractivity contribution in [1.82, 2.24) is 4.57 Å². The third kappa shape index (κ3) is 3.72. The second kappa shape index (κ2) is 7.41. The molecule has 3 aromatic rings. The van der Waals surface area contributed by atoms with Crippen molar-refractivity contribution in [2.75, 3.05) is 13.2 Å². The fraction of sp³-hybridized carbons (Fsp3) is 0.158. The number of rotatable bonds is 7. The Morgan fingerprint density at radius 2 is 1.88 bits per heavy atom. The van der Waals surface area contributed by atoms with Crippen molar-refractivity contribution in [3.63, 3.8) is 0 Å². The Balaban J connectivity index is 1.86. The van der Waals surface area contributed by atoms with Crippen molar-refractivity contribution in [1.29, 1.82) is 5.26 Å². The Labute approximate surface area is 145 Å². The standard InChI is InChI=1S/C19H17N3O3/c20-8-10-24-16-7-6-14-12-18(19(21)23)22(17(14)13-16)9-11-25-15-4-2-1-3-5-15/h1-7,12-13H,9-11H2,(H2,21,23). The first-order valence-corrected chi connectivity index (χ1v) is 7.80. The number of carbonyl (C=O) groups is 1. The lowest BCUT2D eigenvalue weighted by Crippen LogP contribution is -2.19. The summed E-state index contributed by atoms with van der Waals surface area (Å²) in [6.45, 7) is 0.807. The topological polar surface area (TPSA) is 90.3 Å². The maximum absolute atomic E-state index is 11.8. The van der Waals surface area contributed by atoms with E-state index in [0.717, 1.165) is 16.7 Å². The highest BCUT2D eigenvalue weighted by Crippen LogP contribution is 2.25. The molecule has 0 radical (unpaired) electrons. The maximum Gasteiger partial charge on any atom is 0.265 e. The van der Waals surface area contributed by atoms with Gasteiger partial charge in [0, 0.05) is 11.5 Å². The van der Waals surface area contributed by atoms with Crippen LogP contribution in [0.5, 0.6) is 11.5 Å². The van der Waals surface area contributed by atoms with Crippen LogP contribution in [0.2, 0.25) is 0 Å². The van der Waals surface area contributed by atoms with E-state index in [2.05, 4.69) is 0 Å². The molecule has 25 heavy (non-hydrogen) atoms. The van der Waals surface area contributed by atoms with Crippen LogP contribution in [0.3, 0.4) is 0 Å². The number of ether oxygens (including phenoxy) is 2. The lowest BCUT2D eigenvalue weighted by Gasteiger charge is -2.11. The van der Waals surface area contributed by atoms with Gasteiger partial charge in [0.05, 0.1) is 12.1 Å². The fourth-order valence-electron chi connectivity index (χ4n) is 2.66. The van der Waals surface area contributed by atoms with Gasteiger partial charge >= 0.3 is 0 Å². The molecule has 6 nitrogen and oxygen atoms in total. The molecule has 1 heterocycles. The van der Waals surface area contributed by atoms with Crippen molar-refractivity contribution in [2.24, 2.45) is 5.73 Å². The maximum atomic E-state index is 11.8. The Kier molecular flexibility index (Phi) is 4.86. The first-order valence-electron chi connectivity index (χ1n) is 7.80. The van der Waals surface area contributed by atoms with Gasteiger partial charge in [0.15, 0.2) is 6.61 Å². The molecule has 0 bridgehead atoms. The third-order valence-electron chi connectivity index (χ3n) is 3.76. The summed E-state index contributed by atoms with van der Waals surface area (Å²) in [7, 11) is 0. The molecule has 0 aliphatic rings. The Bertz CT molecular complexity index is 926. The molecule has 0 aliphatic heterocycles. The van der Waals surface area contributed by atoms with Crippen LogP contribution < -0.4 is 15.2 Å². The highest BCUT2D eigenvalue weighted by Gasteiger charge is 2.14. The van der Waals surface area contributed by atoms with E-state index in [4.69, 9.17) is 20.5 Å². The van der Waals surface area contributed by atoms with Crippen LogP contribution in [-0.4, -0.2) is 23.7 Å². The number of nitrogens with two attached hydrogens (primary N) is 1. The molecule has 0 fully saturated rings. The van der Waals surface area contributed by atoms with Gasteiger partial charge in [0.1, 0.15) is 29.9 Å². The smallest absolute Gasteiger partial charge is 0.265 e. The van der Waals surface area contributed by atoms with E-state index in [1.54, 1.807) is 22.8 Å². The number of benzene rings is 2. The summed E-state index contributed by atoms with van der Waals surface area (Å²) in [6, 6.07) is 18.5. The lowest BCUT2D eigenvalue weighted by molar-refractivity contribution is 0.0991. The summed E-state index contributed by atoms with van der Waals surface area (Å²) >= 11 is 0. The van der Waals surface area contributed by atoms with E-state index in [1.165, 1.54) is 0 Å². The second-order valence-electron chi connectivity index (χ2n) is 5.37. The molecule has 1 aromatic heterocycles. The molecule has 2 N–H and O–H groups in total. The van der Waals surface area contributed by atoms with Crippen LogP contribution in [0.1, 0.15) is 10.5 Å². The van der Waals surface area contributed by atoms with Gasteiger partial charge in [-0.05, 0) is 30.3 Å². The first-order chi connectivity index (χ1) is 12.2. The predicted molar refractivity (Wildman–Crippen MR) is 93.5 cm³/mol. The van der Waals surface area contributed by atoms with Crippen molar-refractivity contribution in [3.8, 4) is 17.6 Å². The molecular formula is C19H17N3O3. The highest BCUT2D eigenvalue weighted by molar-refractivity contribution is 5.98. The van der Waals surface area contributed by atoms with Gasteiger partial charge in [0.2, 0.25) is 0 Å². The Hall–Kier alpha value is -3.46. The quantitative estimate of drug-likeness (QED) is 0.719. The minimum absolute atomic E-state index is 0.0357. The van der Waals surface area contributed by atoms with Crippen LogP contribution in [0.4, 0.5) is 0 Å². The number of hydrogen-bond acceptors (Lipinski definition) is 4. The zero-order chi connectivity index (χ0) is 17.6. The molecule has 6 heteroatoms. The molecule has 0 unspecified atom stereocenters. The number of fused-ring (bicyclic) bond motifs is 1. The summed E-state index contributed by atoms with van der Waals surface area (Å²) in [5, 5.41) is 9.51. The number of aromatic nitrogens is 1. The first kappa shape index (κ1) is 16.4. The summed E-state index contributed by atoms with van der Waals surface area (Å²) in [5.74, 6) is 0.821. The summed E-state index contributed by atoms with van der Waals surface area (Å²) in [4.78, 5) is 11.8. The summed E-state index contributed by atoms with van der Waals surface area (Å²) in [5.41, 5.74) is 6.72. The van der Waals surface area contributed by atoms with E-state index in [1.807, 2.05) is 42.5 Å². The normalized spacial score (nSPS) is 10.4. The van der Waals surface area contributed by atoms with Crippen molar-refractivity contribution in [3.05, 3.63) is 60.3 Å². The highest BCUT2D eigenvalue weighted by atomic mass is 16.5. The van der Waals surface area contributed by atoms with Gasteiger partial charge in [-0.3, -0.25) is 4.79 Å². The van der Waals surface area contributed by atoms with Crippen molar-refractivity contribution in [2.45, 2.75) is 6.54 Å². The van der Waals surface area contributed by atoms with Gasteiger partial charge in [-0.1, -0.05) is 18.2 Å². The van der Waals surface area contributed by atoms with Crippen molar-refractivity contribution >= 4 is 16.8 Å². The van der Waals surface area contributed by atoms with E-state index >= 15 is 0 Å². The van der Waals surface area contributed by atoms with Gasteiger partial charge in [0.25, 0.3) is 5.91 Å². The summed E-state index contributed by atoms with van der Waals surface area (Å²) < 4.78 is 12.9. The molecule has 126 valence electrons. The predicted octanol–water partition coefficient (Wildman–Crippen LogP) is 2.72. The van der Waals surface area contributed by atoms with Crippen LogP contribution in [0.25, 0.3) is 10.9 Å². The Morgan fingerprint density at radius 3 is 2.60 bits per heavy atom. The molecule has 0 saturated carbocycles. The average molecular weight is 335 g/mol. The van der Waals surface area contributed by atoms with Crippen molar-refractivity contribution < 1.29 is 14.3 Å². The monoisotopic (exact) mass is 335 g/mol. The van der Waals surface area contributed by atoms with Crippen LogP contribution >= 0.6 is 0 Å². The molecule has 0 atom stereocenters. The molecule has 2 aromatic carbocycles. The van der Waals surface area contributed by atoms with Crippen LogP contribution in [0, 0.1) is 11.3 Å². The van der Waals surface area contributed by atoms with E-state index < -0.39 is 5.91 Å². The Morgan fingerprint density at radius 1 is 1.08 bits per heavy atom. The molecular weight excluding hydrogens is 318 g/mol. The number of nitrogens with zero attached hydrogens (tertiary/aromatic N) is 2. The van der Waals surface area contributed by atoms with Crippen LogP contribution in [-0.2, 0) is 6.54 Å². The minimum atomic E-state index is -0.504. The van der Waals surface area contributed by atoms with Gasteiger partial charge in [-0.15, -0.1) is 0 Å². The minimum Gasteiger partial charge on any atom is -0.492 e. The van der Waals surface area contributed by atoms with Crippen LogP contribution in [0.15, 0.2) is 54.6 Å². The molecule has 3 rings (SSSR count). The molecule has 1 amide bonds. The lowest BCUT2D eigenvalue weighted by atomic mass is 10.2. The third-order valence-corrected chi connectivity index (χ3v) is 3.76. The number of carbonyl (C=O) groups excluding carboxylic acids is 1. The largest absolute Gasteiger partial charge is 0.492 e. The molecule has 0 spiro atoms. The number of para-hydroxylation sites is 1. The molecule has 0 saturated heterocycles. The van der Waals surface area contributed by atoms with E-state index in [9.17, 15) is 4.79 Å². The van der Waals surface area contributed by atoms with Gasteiger partial charge in [-0.25, -0.2) is 0 Å². The second-order valence-corrected chi connectivity index (χ2v) is 5.37. The zero-order valence-electron chi connectivity index (χ0n) is 13.5. The van der Waals surface area contributed by atoms with Gasteiger partial charge < -0.3 is 19.8 Å². The number of hydrogen-bond donors (Lipinski definition) is 1. The number of nitriles is 1. The number of amides is 1. The zero-order valence-corrected chi connectivity index (χ0v) is 13.5. The van der Waals surface area contributed by atoms with E-state index in [0.29, 0.717) is 24.6 Å². The number of primary amides is 1. The van der Waals surface area contributed by atoms with E-state index in [-0.39, 0.29) is 6.61 Å². The average Bonchev–Trinajstić information content (AvgIpc) is 2.99. The van der Waals surface area contributed by atoms with Gasteiger partial charge in [-0.2, -0.15) is 5.26 Å². The summed E-state index contributed by atoms with van der Waals surface area (Å²) in [6.07, 6.45) is 0. The molecule has 0 aliphatic carbocycles. The fourth-order valence-corrected chi connectivity index (χ4v) is 2.66.